The monoisotopic (exact) mass is 555 g/mol. The number of ether oxygens (including phenoxy) is 1. The van der Waals surface area contributed by atoms with Gasteiger partial charge in [0.25, 0.3) is 5.91 Å². The molecule has 0 aliphatic carbocycles. The fraction of sp³-hybridized carbons (Fsp3) is 0.0769. The van der Waals surface area contributed by atoms with Crippen LogP contribution in [0.25, 0.3) is 32.4 Å². The maximum Gasteiger partial charge on any atom is 0.339 e. The number of rotatable bonds is 5. The van der Waals surface area contributed by atoms with Gasteiger partial charge in [0.15, 0.2) is 11.7 Å². The number of carbonyl (C=O) groups is 2. The number of benzene rings is 3. The van der Waals surface area contributed by atoms with E-state index < -0.39 is 18.5 Å². The normalized spacial score (nSPS) is 11.1. The molecule has 0 atom stereocenters. The fourth-order valence-corrected chi connectivity index (χ4v) is 5.27. The van der Waals surface area contributed by atoms with Gasteiger partial charge in [0, 0.05) is 10.9 Å². The average Bonchev–Trinajstić information content (AvgIpc) is 3.26. The first-order chi connectivity index (χ1) is 17.3. The highest BCUT2D eigenvalue weighted by Gasteiger charge is 2.19. The van der Waals surface area contributed by atoms with Crippen LogP contribution in [0.4, 0.5) is 5.13 Å². The minimum absolute atomic E-state index is 0.191. The molecule has 0 unspecified atom stereocenters. The third-order valence-electron chi connectivity index (χ3n) is 5.37. The van der Waals surface area contributed by atoms with E-state index in [0.29, 0.717) is 32.3 Å². The molecule has 0 radical (unpaired) electrons. The molecular weight excluding hydrogens is 541 g/mol. The molecule has 2 heterocycles. The number of hydrogen-bond acceptors (Lipinski definition) is 6. The molecule has 0 saturated carbocycles. The highest BCUT2D eigenvalue weighted by molar-refractivity contribution is 7.22. The first-order valence-corrected chi connectivity index (χ1v) is 12.6. The van der Waals surface area contributed by atoms with Gasteiger partial charge in [0.2, 0.25) is 0 Å². The van der Waals surface area contributed by atoms with Crippen molar-refractivity contribution in [3.8, 4) is 11.3 Å². The van der Waals surface area contributed by atoms with Crippen LogP contribution in [0, 0.1) is 6.92 Å². The van der Waals surface area contributed by atoms with Gasteiger partial charge in [0.05, 0.1) is 42.1 Å². The summed E-state index contributed by atoms with van der Waals surface area (Å²) in [6.07, 6.45) is 0. The Bertz CT molecular complexity index is 1670. The molecule has 0 saturated heterocycles. The summed E-state index contributed by atoms with van der Waals surface area (Å²) in [5, 5.41) is 4.41. The summed E-state index contributed by atoms with van der Waals surface area (Å²) in [5.41, 5.74) is 3.60. The van der Waals surface area contributed by atoms with E-state index in [1.54, 1.807) is 42.5 Å². The number of nitrogens with one attached hydrogen (secondary N) is 1. The summed E-state index contributed by atoms with van der Waals surface area (Å²) in [4.78, 5) is 34.5. The van der Waals surface area contributed by atoms with E-state index >= 15 is 0 Å². The second-order valence-corrected chi connectivity index (χ2v) is 10.1. The standard InChI is InChI=1S/C26H16Cl3N3O3S/c1-13-6-9-19-21(10-13)36-26(31-19)32-22(33)12-35-25(34)16-11-20(30-18-5-3-2-4-14(16)18)15-7-8-17(27)24(29)23(15)28/h2-11H,12H2,1H3,(H,31,32,33). The van der Waals surface area contributed by atoms with E-state index in [4.69, 9.17) is 39.5 Å². The maximum atomic E-state index is 13.1. The van der Waals surface area contributed by atoms with E-state index in [0.717, 1.165) is 15.8 Å². The third-order valence-corrected chi connectivity index (χ3v) is 7.60. The summed E-state index contributed by atoms with van der Waals surface area (Å²) in [7, 11) is 0. The quantitative estimate of drug-likeness (QED) is 0.178. The van der Waals surface area contributed by atoms with Crippen molar-refractivity contribution in [2.75, 3.05) is 11.9 Å². The number of fused-ring (bicyclic) bond motifs is 2. The van der Waals surface area contributed by atoms with E-state index in [9.17, 15) is 9.59 Å². The van der Waals surface area contributed by atoms with Crippen molar-refractivity contribution in [1.29, 1.82) is 0 Å². The van der Waals surface area contributed by atoms with Crippen molar-refractivity contribution >= 4 is 84.3 Å². The number of hydrogen-bond donors (Lipinski definition) is 1. The maximum absolute atomic E-state index is 13.1. The zero-order valence-corrected chi connectivity index (χ0v) is 21.7. The predicted octanol–water partition coefficient (Wildman–Crippen LogP) is 7.58. The first-order valence-electron chi connectivity index (χ1n) is 10.7. The van der Waals surface area contributed by atoms with Crippen LogP contribution in [-0.2, 0) is 9.53 Å². The van der Waals surface area contributed by atoms with Crippen molar-refractivity contribution in [3.63, 3.8) is 0 Å². The molecule has 0 aliphatic rings. The summed E-state index contributed by atoms with van der Waals surface area (Å²) < 4.78 is 6.30. The Morgan fingerprint density at radius 3 is 2.58 bits per heavy atom. The fourth-order valence-electron chi connectivity index (χ4n) is 3.66. The Morgan fingerprint density at radius 1 is 0.944 bits per heavy atom. The third kappa shape index (κ3) is 4.88. The molecule has 0 bridgehead atoms. The van der Waals surface area contributed by atoms with Crippen molar-refractivity contribution in [2.45, 2.75) is 6.92 Å². The van der Waals surface area contributed by atoms with Gasteiger partial charge in [0.1, 0.15) is 0 Å². The lowest BCUT2D eigenvalue weighted by Gasteiger charge is -2.12. The van der Waals surface area contributed by atoms with Gasteiger partial charge in [-0.05, 0) is 48.9 Å². The molecule has 0 fully saturated rings. The van der Waals surface area contributed by atoms with Crippen LogP contribution in [-0.4, -0.2) is 28.5 Å². The van der Waals surface area contributed by atoms with Gasteiger partial charge in [-0.3, -0.25) is 10.1 Å². The number of aromatic nitrogens is 2. The highest BCUT2D eigenvalue weighted by atomic mass is 35.5. The number of carbonyl (C=O) groups excluding carboxylic acids is 2. The Kier molecular flexibility index (Phi) is 6.81. The number of anilines is 1. The molecule has 0 aliphatic heterocycles. The molecule has 0 spiro atoms. The molecular formula is C26H16Cl3N3O3S. The van der Waals surface area contributed by atoms with Crippen molar-refractivity contribution in [3.05, 3.63) is 86.9 Å². The molecule has 10 heteroatoms. The molecule has 5 aromatic rings. The number of esters is 1. The van der Waals surface area contributed by atoms with E-state index in [-0.39, 0.29) is 15.6 Å². The van der Waals surface area contributed by atoms with Gasteiger partial charge in [-0.25, -0.2) is 14.8 Å². The van der Waals surface area contributed by atoms with Gasteiger partial charge < -0.3 is 4.74 Å². The van der Waals surface area contributed by atoms with Gasteiger partial charge in [-0.1, -0.05) is 70.4 Å². The van der Waals surface area contributed by atoms with E-state index in [2.05, 4.69) is 15.3 Å². The van der Waals surface area contributed by atoms with Crippen LogP contribution in [0.5, 0.6) is 0 Å². The SMILES string of the molecule is Cc1ccc2nc(NC(=O)COC(=O)c3cc(-c4ccc(Cl)c(Cl)c4Cl)nc4ccccc34)sc2c1. The van der Waals surface area contributed by atoms with E-state index in [1.165, 1.54) is 11.3 Å². The Morgan fingerprint density at radius 2 is 1.75 bits per heavy atom. The topological polar surface area (TPSA) is 81.2 Å². The molecule has 3 aromatic carbocycles. The molecule has 36 heavy (non-hydrogen) atoms. The van der Waals surface area contributed by atoms with Gasteiger partial charge in [-0.15, -0.1) is 0 Å². The van der Waals surface area contributed by atoms with Crippen molar-refractivity contribution in [1.82, 2.24) is 9.97 Å². The first kappa shape index (κ1) is 24.5. The number of amides is 1. The summed E-state index contributed by atoms with van der Waals surface area (Å²) in [6, 6.07) is 17.8. The van der Waals surface area contributed by atoms with Crippen LogP contribution in [0.2, 0.25) is 15.1 Å². The van der Waals surface area contributed by atoms with Gasteiger partial charge in [-0.2, -0.15) is 0 Å². The van der Waals surface area contributed by atoms with Crippen LogP contribution >= 0.6 is 46.1 Å². The number of aryl methyl sites for hydroxylation is 1. The van der Waals surface area contributed by atoms with Crippen molar-refractivity contribution < 1.29 is 14.3 Å². The molecule has 2 aromatic heterocycles. The smallest absolute Gasteiger partial charge is 0.339 e. The molecule has 5 rings (SSSR count). The Hall–Kier alpha value is -3.23. The average molecular weight is 557 g/mol. The van der Waals surface area contributed by atoms with Crippen LogP contribution in [0.1, 0.15) is 15.9 Å². The number of pyridine rings is 1. The molecule has 180 valence electrons. The number of thiazole rings is 1. The summed E-state index contributed by atoms with van der Waals surface area (Å²) in [6.45, 7) is 1.51. The van der Waals surface area contributed by atoms with Gasteiger partial charge >= 0.3 is 5.97 Å². The predicted molar refractivity (Wildman–Crippen MR) is 145 cm³/mol. The Labute approximate surface area is 224 Å². The van der Waals surface area contributed by atoms with Crippen molar-refractivity contribution in [2.24, 2.45) is 0 Å². The molecule has 6 nitrogen and oxygen atoms in total. The minimum Gasteiger partial charge on any atom is -0.452 e. The zero-order chi connectivity index (χ0) is 25.4. The number of para-hydroxylation sites is 1. The molecule has 1 N–H and O–H groups in total. The molecule has 1 amide bonds. The summed E-state index contributed by atoms with van der Waals surface area (Å²) in [5.74, 6) is -1.17. The van der Waals surface area contributed by atoms with Crippen LogP contribution in [0.3, 0.4) is 0 Å². The minimum atomic E-state index is -0.680. The van der Waals surface area contributed by atoms with Crippen LogP contribution < -0.4 is 5.32 Å². The number of halogens is 3. The van der Waals surface area contributed by atoms with E-state index in [1.807, 2.05) is 25.1 Å². The second kappa shape index (κ2) is 10.0. The second-order valence-electron chi connectivity index (χ2n) is 7.91. The Balaban J connectivity index is 1.38. The largest absolute Gasteiger partial charge is 0.452 e. The number of nitrogens with zero attached hydrogens (tertiary/aromatic N) is 2. The lowest BCUT2D eigenvalue weighted by Crippen LogP contribution is -2.21. The zero-order valence-electron chi connectivity index (χ0n) is 18.6. The lowest BCUT2D eigenvalue weighted by molar-refractivity contribution is -0.119. The lowest BCUT2D eigenvalue weighted by atomic mass is 10.0. The highest BCUT2D eigenvalue weighted by Crippen LogP contribution is 2.38. The summed E-state index contributed by atoms with van der Waals surface area (Å²) >= 11 is 20.0. The van der Waals surface area contributed by atoms with Crippen LogP contribution in [0.15, 0.2) is 60.7 Å².